The molecule has 1 aliphatic heterocycles. The van der Waals surface area contributed by atoms with Crippen molar-refractivity contribution < 1.29 is 27.9 Å². The van der Waals surface area contributed by atoms with Gasteiger partial charge < -0.3 is 10.0 Å². The Morgan fingerprint density at radius 3 is 2.29 bits per heavy atom. The maximum Gasteiger partial charge on any atom is 0.416 e. The topological polar surface area (TPSA) is 57.6 Å². The van der Waals surface area contributed by atoms with E-state index < -0.39 is 23.2 Å². The first-order valence-electron chi connectivity index (χ1n) is 7.73. The van der Waals surface area contributed by atoms with Crippen LogP contribution in [0.3, 0.4) is 0 Å². The summed E-state index contributed by atoms with van der Waals surface area (Å²) in [7, 11) is 0. The second kappa shape index (κ2) is 6.45. The molecular weight excluding hydrogens is 323 g/mol. The fourth-order valence-electron chi connectivity index (χ4n) is 3.36. The van der Waals surface area contributed by atoms with Crippen LogP contribution in [-0.2, 0) is 15.8 Å². The molecule has 0 spiro atoms. The Morgan fingerprint density at radius 2 is 1.79 bits per heavy atom. The predicted molar refractivity (Wildman–Crippen MR) is 81.5 cm³/mol. The van der Waals surface area contributed by atoms with E-state index in [2.05, 4.69) is 0 Å². The van der Waals surface area contributed by atoms with E-state index >= 15 is 0 Å². The van der Waals surface area contributed by atoms with Gasteiger partial charge in [0.1, 0.15) is 0 Å². The number of amides is 1. The molecule has 1 N–H and O–H groups in total. The van der Waals surface area contributed by atoms with Gasteiger partial charge in [-0.1, -0.05) is 12.1 Å². The molecule has 2 rings (SSSR count). The fourth-order valence-corrected chi connectivity index (χ4v) is 3.36. The first-order valence-corrected chi connectivity index (χ1v) is 7.73. The number of hydrogen-bond acceptors (Lipinski definition) is 2. The minimum atomic E-state index is -4.37. The highest BCUT2D eigenvalue weighted by molar-refractivity contribution is 5.81. The Labute approximate surface area is 138 Å². The first kappa shape index (κ1) is 18.3. The van der Waals surface area contributed by atoms with Gasteiger partial charge in [0.05, 0.1) is 12.0 Å². The zero-order valence-corrected chi connectivity index (χ0v) is 13.6. The van der Waals surface area contributed by atoms with E-state index in [1.165, 1.54) is 12.1 Å². The molecule has 0 radical (unpaired) electrons. The summed E-state index contributed by atoms with van der Waals surface area (Å²) in [6, 6.07) is 5.03. The Morgan fingerprint density at radius 1 is 1.21 bits per heavy atom. The highest BCUT2D eigenvalue weighted by Crippen LogP contribution is 2.42. The third-order valence-corrected chi connectivity index (χ3v) is 4.68. The maximum atomic E-state index is 12.7. The lowest BCUT2D eigenvalue weighted by Crippen LogP contribution is -2.45. The zero-order valence-electron chi connectivity index (χ0n) is 13.6. The summed E-state index contributed by atoms with van der Waals surface area (Å²) in [5.41, 5.74) is -0.520. The monoisotopic (exact) mass is 343 g/mol. The average molecular weight is 343 g/mol. The van der Waals surface area contributed by atoms with Crippen molar-refractivity contribution in [1.29, 1.82) is 0 Å². The number of nitrogens with zero attached hydrogens (tertiary/aromatic N) is 1. The van der Waals surface area contributed by atoms with E-state index in [1.807, 2.05) is 13.8 Å². The second-order valence-corrected chi connectivity index (χ2v) is 6.55. The van der Waals surface area contributed by atoms with Crippen LogP contribution in [0.5, 0.6) is 0 Å². The zero-order chi connectivity index (χ0) is 18.1. The molecule has 1 aromatic carbocycles. The van der Waals surface area contributed by atoms with E-state index in [4.69, 9.17) is 5.11 Å². The summed E-state index contributed by atoms with van der Waals surface area (Å²) < 4.78 is 38.0. The maximum absolute atomic E-state index is 12.7. The largest absolute Gasteiger partial charge is 0.481 e. The number of benzene rings is 1. The van der Waals surface area contributed by atoms with Crippen molar-refractivity contribution in [2.75, 3.05) is 6.54 Å². The Bertz CT molecular complexity index is 623. The number of carboxylic acid groups (broad SMARTS) is 1. The summed E-state index contributed by atoms with van der Waals surface area (Å²) in [6.07, 6.45) is -4.03. The standard InChI is InChI=1S/C17H20F3NO3/c1-16(2)13(9-10-21(16)14(22)7-8-15(23)24)11-3-5-12(6-4-11)17(18,19)20/h3-6,13H,7-10H2,1-2H3,(H,23,24). The Kier molecular flexibility index (Phi) is 4.92. The summed E-state index contributed by atoms with van der Waals surface area (Å²) in [4.78, 5) is 24.5. The van der Waals surface area contributed by atoms with Gasteiger partial charge in [-0.3, -0.25) is 9.59 Å². The SMILES string of the molecule is CC1(C)C(c2ccc(C(F)(F)F)cc2)CCN1C(=O)CCC(=O)O. The van der Waals surface area contributed by atoms with Gasteiger partial charge in [0.15, 0.2) is 0 Å². The molecule has 1 saturated heterocycles. The van der Waals surface area contributed by atoms with Crippen molar-refractivity contribution in [2.45, 2.75) is 50.7 Å². The molecule has 0 aliphatic carbocycles. The van der Waals surface area contributed by atoms with Gasteiger partial charge >= 0.3 is 12.1 Å². The van der Waals surface area contributed by atoms with Crippen LogP contribution in [0.1, 0.15) is 50.2 Å². The predicted octanol–water partition coefficient (Wildman–Crippen LogP) is 3.66. The van der Waals surface area contributed by atoms with Gasteiger partial charge in [-0.2, -0.15) is 13.2 Å². The smallest absolute Gasteiger partial charge is 0.416 e. The lowest BCUT2D eigenvalue weighted by Gasteiger charge is -2.36. The number of aliphatic carboxylic acids is 1. The van der Waals surface area contributed by atoms with Crippen LogP contribution in [0.2, 0.25) is 0 Å². The van der Waals surface area contributed by atoms with Crippen LogP contribution in [-0.4, -0.2) is 34.0 Å². The van der Waals surface area contributed by atoms with Crippen molar-refractivity contribution >= 4 is 11.9 Å². The van der Waals surface area contributed by atoms with E-state index in [9.17, 15) is 22.8 Å². The minimum absolute atomic E-state index is 0.0709. The molecule has 132 valence electrons. The quantitative estimate of drug-likeness (QED) is 0.908. The van der Waals surface area contributed by atoms with Crippen LogP contribution in [0.4, 0.5) is 13.2 Å². The van der Waals surface area contributed by atoms with Crippen molar-refractivity contribution in [3.63, 3.8) is 0 Å². The number of halogens is 3. The molecule has 1 heterocycles. The van der Waals surface area contributed by atoms with Gasteiger partial charge in [-0.15, -0.1) is 0 Å². The van der Waals surface area contributed by atoms with E-state index in [-0.39, 0.29) is 24.7 Å². The fraction of sp³-hybridized carbons (Fsp3) is 0.529. The van der Waals surface area contributed by atoms with E-state index in [0.717, 1.165) is 17.7 Å². The number of carboxylic acids is 1. The van der Waals surface area contributed by atoms with Crippen molar-refractivity contribution in [3.05, 3.63) is 35.4 Å². The van der Waals surface area contributed by atoms with Crippen molar-refractivity contribution in [3.8, 4) is 0 Å². The van der Waals surface area contributed by atoms with Crippen LogP contribution < -0.4 is 0 Å². The minimum Gasteiger partial charge on any atom is -0.481 e. The van der Waals surface area contributed by atoms with Crippen molar-refractivity contribution in [2.24, 2.45) is 0 Å². The van der Waals surface area contributed by atoms with Crippen LogP contribution in [0.15, 0.2) is 24.3 Å². The normalized spacial score (nSPS) is 20.2. The molecule has 1 aromatic rings. The van der Waals surface area contributed by atoms with Crippen LogP contribution in [0.25, 0.3) is 0 Å². The van der Waals surface area contributed by atoms with Gasteiger partial charge in [-0.05, 0) is 38.0 Å². The molecule has 1 amide bonds. The Balaban J connectivity index is 2.15. The van der Waals surface area contributed by atoms with Crippen molar-refractivity contribution in [1.82, 2.24) is 4.90 Å². The highest BCUT2D eigenvalue weighted by atomic mass is 19.4. The lowest BCUT2D eigenvalue weighted by molar-refractivity contribution is -0.142. The van der Waals surface area contributed by atoms with Gasteiger partial charge in [0.2, 0.25) is 5.91 Å². The third-order valence-electron chi connectivity index (χ3n) is 4.68. The second-order valence-electron chi connectivity index (χ2n) is 6.55. The molecule has 0 saturated carbocycles. The Hall–Kier alpha value is -2.05. The van der Waals surface area contributed by atoms with Crippen LogP contribution >= 0.6 is 0 Å². The van der Waals surface area contributed by atoms with E-state index in [1.54, 1.807) is 4.90 Å². The third kappa shape index (κ3) is 3.71. The summed E-state index contributed by atoms with van der Waals surface area (Å²) >= 11 is 0. The van der Waals surface area contributed by atoms with E-state index in [0.29, 0.717) is 13.0 Å². The van der Waals surface area contributed by atoms with Gasteiger partial charge in [0.25, 0.3) is 0 Å². The molecule has 1 atom stereocenters. The molecule has 7 heteroatoms. The van der Waals surface area contributed by atoms with Gasteiger partial charge in [0, 0.05) is 24.4 Å². The molecule has 24 heavy (non-hydrogen) atoms. The molecule has 1 fully saturated rings. The van der Waals surface area contributed by atoms with Crippen LogP contribution in [0, 0.1) is 0 Å². The number of carbonyl (C=O) groups is 2. The molecule has 0 bridgehead atoms. The lowest BCUT2D eigenvalue weighted by atomic mass is 9.82. The number of carbonyl (C=O) groups excluding carboxylic acids is 1. The summed E-state index contributed by atoms with van der Waals surface area (Å²) in [5, 5.41) is 8.69. The number of likely N-dealkylation sites (tertiary alicyclic amines) is 1. The number of rotatable bonds is 4. The number of alkyl halides is 3. The average Bonchev–Trinajstić information content (AvgIpc) is 2.79. The first-order chi connectivity index (χ1) is 11.0. The highest BCUT2D eigenvalue weighted by Gasteiger charge is 2.44. The molecule has 0 aromatic heterocycles. The molecule has 1 unspecified atom stereocenters. The molecule has 1 aliphatic rings. The molecule has 4 nitrogen and oxygen atoms in total. The number of hydrogen-bond donors (Lipinski definition) is 1. The summed E-state index contributed by atoms with van der Waals surface area (Å²) in [6.45, 7) is 4.19. The summed E-state index contributed by atoms with van der Waals surface area (Å²) in [5.74, 6) is -1.36. The van der Waals surface area contributed by atoms with Gasteiger partial charge in [-0.25, -0.2) is 0 Å². The molecular formula is C17H20F3NO3.